The Morgan fingerprint density at radius 2 is 2.19 bits per heavy atom. The number of hydrogen-bond donors (Lipinski definition) is 1. The van der Waals surface area contributed by atoms with E-state index in [1.165, 1.54) is 6.42 Å². The molecule has 1 aromatic rings. The lowest BCUT2D eigenvalue weighted by Crippen LogP contribution is -2.41. The molecule has 0 spiro atoms. The molecule has 16 heavy (non-hydrogen) atoms. The molecule has 2 nitrogen and oxygen atoms in total. The highest BCUT2D eigenvalue weighted by molar-refractivity contribution is 9.10. The van der Waals surface area contributed by atoms with Crippen LogP contribution in [0.3, 0.4) is 0 Å². The molecule has 86 valence electrons. The lowest BCUT2D eigenvalue weighted by Gasteiger charge is -2.35. The molecule has 4 heteroatoms. The Bertz CT molecular complexity index is 417. The maximum atomic E-state index is 12.2. The van der Waals surface area contributed by atoms with Crippen LogP contribution in [0.15, 0.2) is 27.6 Å². The molecule has 1 aliphatic rings. The van der Waals surface area contributed by atoms with Gasteiger partial charge in [-0.3, -0.25) is 4.79 Å². The molecule has 1 saturated carbocycles. The summed E-state index contributed by atoms with van der Waals surface area (Å²) in [4.78, 5) is 14.7. The van der Waals surface area contributed by atoms with Gasteiger partial charge in [-0.15, -0.1) is 12.6 Å². The molecule has 1 fully saturated rings. The van der Waals surface area contributed by atoms with Gasteiger partial charge < -0.3 is 4.90 Å². The molecule has 0 radical (unpaired) electrons. The van der Waals surface area contributed by atoms with E-state index < -0.39 is 0 Å². The van der Waals surface area contributed by atoms with Crippen molar-refractivity contribution >= 4 is 34.5 Å². The van der Waals surface area contributed by atoms with Crippen molar-refractivity contribution in [3.8, 4) is 0 Å². The number of rotatable bonds is 2. The zero-order valence-corrected chi connectivity index (χ0v) is 11.6. The van der Waals surface area contributed by atoms with Crippen molar-refractivity contribution in [2.45, 2.75) is 30.2 Å². The van der Waals surface area contributed by atoms with Crippen molar-refractivity contribution < 1.29 is 4.79 Å². The van der Waals surface area contributed by atoms with Gasteiger partial charge in [-0.2, -0.15) is 0 Å². The third-order valence-corrected chi connectivity index (χ3v) is 4.00. The summed E-state index contributed by atoms with van der Waals surface area (Å²) in [6, 6.07) is 5.97. The minimum Gasteiger partial charge on any atom is -0.339 e. The molecule has 0 aliphatic heterocycles. The van der Waals surface area contributed by atoms with E-state index in [1.54, 1.807) is 0 Å². The van der Waals surface area contributed by atoms with Gasteiger partial charge in [0.1, 0.15) is 0 Å². The predicted molar refractivity (Wildman–Crippen MR) is 71.1 cm³/mol. The number of amides is 1. The van der Waals surface area contributed by atoms with Crippen LogP contribution in [0.2, 0.25) is 0 Å². The van der Waals surface area contributed by atoms with E-state index in [1.807, 2.05) is 30.1 Å². The summed E-state index contributed by atoms with van der Waals surface area (Å²) in [5, 5.41) is 0. The van der Waals surface area contributed by atoms with Crippen LogP contribution in [0.25, 0.3) is 0 Å². The van der Waals surface area contributed by atoms with E-state index in [9.17, 15) is 4.79 Å². The number of thiol groups is 1. The van der Waals surface area contributed by atoms with Crippen molar-refractivity contribution in [1.82, 2.24) is 4.90 Å². The van der Waals surface area contributed by atoms with Crippen LogP contribution < -0.4 is 0 Å². The molecule has 1 aromatic carbocycles. The second-order valence-electron chi connectivity index (χ2n) is 4.16. The van der Waals surface area contributed by atoms with Crippen LogP contribution in [0.5, 0.6) is 0 Å². The van der Waals surface area contributed by atoms with Gasteiger partial charge in [0.05, 0.1) is 5.56 Å². The lowest BCUT2D eigenvalue weighted by atomic mass is 9.91. The second-order valence-corrected chi connectivity index (χ2v) is 5.56. The van der Waals surface area contributed by atoms with Gasteiger partial charge in [-0.05, 0) is 37.5 Å². The SMILES string of the molecule is CN(C(=O)c1ccc(Br)cc1S)C1CCC1. The number of carbonyl (C=O) groups is 1. The molecule has 0 unspecified atom stereocenters. The van der Waals surface area contributed by atoms with Gasteiger partial charge in [-0.25, -0.2) is 0 Å². The van der Waals surface area contributed by atoms with Gasteiger partial charge in [0.15, 0.2) is 0 Å². The first-order valence-corrected chi connectivity index (χ1v) is 6.59. The molecule has 0 aromatic heterocycles. The predicted octanol–water partition coefficient (Wildman–Crippen LogP) is 3.36. The third kappa shape index (κ3) is 2.28. The van der Waals surface area contributed by atoms with Crippen LogP contribution in [-0.4, -0.2) is 23.9 Å². The van der Waals surface area contributed by atoms with E-state index in [0.29, 0.717) is 11.6 Å². The maximum Gasteiger partial charge on any atom is 0.254 e. The zero-order valence-electron chi connectivity index (χ0n) is 9.11. The number of carbonyl (C=O) groups excluding carboxylic acids is 1. The smallest absolute Gasteiger partial charge is 0.254 e. The van der Waals surface area contributed by atoms with E-state index in [-0.39, 0.29) is 5.91 Å². The van der Waals surface area contributed by atoms with Crippen LogP contribution >= 0.6 is 28.6 Å². The van der Waals surface area contributed by atoms with Gasteiger partial charge in [0.2, 0.25) is 0 Å². The van der Waals surface area contributed by atoms with Crippen molar-refractivity contribution in [2.75, 3.05) is 7.05 Å². The van der Waals surface area contributed by atoms with Crippen molar-refractivity contribution in [3.63, 3.8) is 0 Å². The highest BCUT2D eigenvalue weighted by atomic mass is 79.9. The Kier molecular flexibility index (Phi) is 3.60. The molecule has 1 aliphatic carbocycles. The summed E-state index contributed by atoms with van der Waals surface area (Å²) in [5.41, 5.74) is 0.681. The molecule has 0 bridgehead atoms. The van der Waals surface area contributed by atoms with Gasteiger partial charge >= 0.3 is 0 Å². The fraction of sp³-hybridized carbons (Fsp3) is 0.417. The number of nitrogens with zero attached hydrogens (tertiary/aromatic N) is 1. The van der Waals surface area contributed by atoms with E-state index in [0.717, 1.165) is 22.2 Å². The van der Waals surface area contributed by atoms with Crippen molar-refractivity contribution in [2.24, 2.45) is 0 Å². The molecule has 0 atom stereocenters. The monoisotopic (exact) mass is 299 g/mol. The minimum absolute atomic E-state index is 0.0715. The normalized spacial score (nSPS) is 15.7. The second kappa shape index (κ2) is 4.80. The largest absolute Gasteiger partial charge is 0.339 e. The summed E-state index contributed by atoms with van der Waals surface area (Å²) < 4.78 is 0.945. The zero-order chi connectivity index (χ0) is 11.7. The molecular weight excluding hydrogens is 286 g/mol. The first kappa shape index (κ1) is 12.0. The van der Waals surface area contributed by atoms with Crippen LogP contribution in [0, 0.1) is 0 Å². The Hall–Kier alpha value is -0.480. The molecule has 2 rings (SSSR count). The van der Waals surface area contributed by atoms with Gasteiger partial charge in [-0.1, -0.05) is 15.9 Å². The summed E-state index contributed by atoms with van der Waals surface area (Å²) >= 11 is 7.70. The lowest BCUT2D eigenvalue weighted by molar-refractivity contribution is 0.0648. The fourth-order valence-electron chi connectivity index (χ4n) is 1.82. The third-order valence-electron chi connectivity index (χ3n) is 3.13. The average Bonchev–Trinajstić information content (AvgIpc) is 2.14. The topological polar surface area (TPSA) is 20.3 Å². The maximum absolute atomic E-state index is 12.2. The number of halogens is 1. The average molecular weight is 300 g/mol. The minimum atomic E-state index is 0.0715. The highest BCUT2D eigenvalue weighted by Crippen LogP contribution is 2.27. The van der Waals surface area contributed by atoms with E-state index in [2.05, 4.69) is 28.6 Å². The van der Waals surface area contributed by atoms with E-state index in [4.69, 9.17) is 0 Å². The number of benzene rings is 1. The standard InChI is InChI=1S/C12H14BrNOS/c1-14(9-3-2-4-9)12(15)10-6-5-8(13)7-11(10)16/h5-7,9,16H,2-4H2,1H3. The quantitative estimate of drug-likeness (QED) is 0.830. The molecule has 0 N–H and O–H groups in total. The summed E-state index contributed by atoms with van der Waals surface area (Å²) in [6.07, 6.45) is 3.48. The fourth-order valence-corrected chi connectivity index (χ4v) is 2.66. The highest BCUT2D eigenvalue weighted by Gasteiger charge is 2.26. The van der Waals surface area contributed by atoms with E-state index >= 15 is 0 Å². The molecular formula is C12H14BrNOS. The summed E-state index contributed by atoms with van der Waals surface area (Å²) in [7, 11) is 1.88. The Morgan fingerprint density at radius 1 is 1.50 bits per heavy atom. The van der Waals surface area contributed by atoms with Gasteiger partial charge in [0.25, 0.3) is 5.91 Å². The van der Waals surface area contributed by atoms with Crippen LogP contribution in [0.1, 0.15) is 29.6 Å². The summed E-state index contributed by atoms with van der Waals surface area (Å²) in [5.74, 6) is 0.0715. The van der Waals surface area contributed by atoms with Gasteiger partial charge in [0, 0.05) is 22.5 Å². The number of hydrogen-bond acceptors (Lipinski definition) is 2. The Morgan fingerprint density at radius 3 is 2.69 bits per heavy atom. The first-order chi connectivity index (χ1) is 7.59. The summed E-state index contributed by atoms with van der Waals surface area (Å²) in [6.45, 7) is 0. The van der Waals surface area contributed by atoms with Crippen molar-refractivity contribution in [3.05, 3.63) is 28.2 Å². The Labute approximate surface area is 110 Å². The molecule has 0 heterocycles. The van der Waals surface area contributed by atoms with Crippen LogP contribution in [0.4, 0.5) is 0 Å². The molecule has 1 amide bonds. The Balaban J connectivity index is 2.19. The van der Waals surface area contributed by atoms with Crippen LogP contribution in [-0.2, 0) is 0 Å². The van der Waals surface area contributed by atoms with Crippen molar-refractivity contribution in [1.29, 1.82) is 0 Å². The molecule has 0 saturated heterocycles. The first-order valence-electron chi connectivity index (χ1n) is 5.35.